The van der Waals surface area contributed by atoms with Crippen molar-refractivity contribution in [1.29, 1.82) is 0 Å². The van der Waals surface area contributed by atoms with Gasteiger partial charge in [0.05, 0.1) is 13.2 Å². The molecule has 2 aromatic carbocycles. The highest BCUT2D eigenvalue weighted by atomic mass is 32.1. The summed E-state index contributed by atoms with van der Waals surface area (Å²) in [5, 5.41) is 2.92. The van der Waals surface area contributed by atoms with E-state index in [1.807, 2.05) is 11.4 Å². The molecule has 2 heterocycles. The summed E-state index contributed by atoms with van der Waals surface area (Å²) in [4.78, 5) is 0. The van der Waals surface area contributed by atoms with Crippen LogP contribution in [0.3, 0.4) is 0 Å². The summed E-state index contributed by atoms with van der Waals surface area (Å²) in [5.74, 6) is 0.878. The molecule has 3 aromatic rings. The van der Waals surface area contributed by atoms with E-state index < -0.39 is 0 Å². The van der Waals surface area contributed by atoms with Crippen molar-refractivity contribution in [2.45, 2.75) is 12.8 Å². The van der Waals surface area contributed by atoms with Gasteiger partial charge < -0.3 is 9.47 Å². The van der Waals surface area contributed by atoms with Crippen molar-refractivity contribution in [2.75, 3.05) is 13.2 Å². The molecule has 3 heteroatoms. The zero-order valence-corrected chi connectivity index (χ0v) is 14.3. The Morgan fingerprint density at radius 3 is 1.96 bits per heavy atom. The van der Waals surface area contributed by atoms with Crippen LogP contribution in [0, 0.1) is 5.41 Å². The molecule has 0 radical (unpaired) electrons. The van der Waals surface area contributed by atoms with Gasteiger partial charge in [0.2, 0.25) is 5.06 Å². The van der Waals surface area contributed by atoms with E-state index in [0.717, 1.165) is 23.7 Å². The van der Waals surface area contributed by atoms with Crippen LogP contribution < -0.4 is 9.47 Å². The molecule has 0 saturated carbocycles. The number of benzene rings is 2. The van der Waals surface area contributed by atoms with E-state index in [2.05, 4.69) is 60.7 Å². The van der Waals surface area contributed by atoms with E-state index in [1.165, 1.54) is 11.1 Å². The molecule has 1 aromatic heterocycles. The summed E-state index contributed by atoms with van der Waals surface area (Å²) < 4.78 is 12.3. The van der Waals surface area contributed by atoms with E-state index in [9.17, 15) is 0 Å². The third-order valence-electron chi connectivity index (χ3n) is 4.48. The Hall–Kier alpha value is -2.26. The lowest BCUT2D eigenvalue weighted by atomic mass is 9.78. The number of rotatable bonds is 4. The van der Waals surface area contributed by atoms with E-state index >= 15 is 0 Å². The van der Waals surface area contributed by atoms with Gasteiger partial charge in [0.25, 0.3) is 0 Å². The highest BCUT2D eigenvalue weighted by Crippen LogP contribution is 2.40. The van der Waals surface area contributed by atoms with Crippen LogP contribution in [0.25, 0.3) is 0 Å². The van der Waals surface area contributed by atoms with Gasteiger partial charge in [-0.15, -0.1) is 11.3 Å². The molecule has 0 atom stereocenters. The second-order valence-corrected chi connectivity index (χ2v) is 7.35. The van der Waals surface area contributed by atoms with Gasteiger partial charge in [-0.05, 0) is 35.4 Å². The minimum Gasteiger partial charge on any atom is -0.488 e. The zero-order valence-electron chi connectivity index (χ0n) is 13.5. The van der Waals surface area contributed by atoms with Crippen molar-refractivity contribution in [3.05, 3.63) is 83.2 Å². The van der Waals surface area contributed by atoms with Gasteiger partial charge >= 0.3 is 0 Å². The van der Waals surface area contributed by atoms with Crippen molar-refractivity contribution in [2.24, 2.45) is 5.41 Å². The molecular formula is C21H20O2S. The molecule has 0 aliphatic carbocycles. The van der Waals surface area contributed by atoms with Crippen LogP contribution in [0.2, 0.25) is 0 Å². The zero-order chi connectivity index (χ0) is 16.2. The van der Waals surface area contributed by atoms with Gasteiger partial charge in [-0.1, -0.05) is 60.7 Å². The standard InChI is InChI=1S/C21H20O2S/c1-3-7-17(8-4-1)13-21(14-18-9-5-2-6-10-18)15-22-19-11-12-24-20(19)23-16-21/h1-12H,13-16H2. The van der Waals surface area contributed by atoms with Gasteiger partial charge in [-0.3, -0.25) is 0 Å². The first-order valence-corrected chi connectivity index (χ1v) is 9.12. The number of hydrogen-bond acceptors (Lipinski definition) is 3. The fourth-order valence-electron chi connectivity index (χ4n) is 3.31. The van der Waals surface area contributed by atoms with Crippen LogP contribution in [-0.4, -0.2) is 13.2 Å². The summed E-state index contributed by atoms with van der Waals surface area (Å²) in [6.07, 6.45) is 1.88. The number of thiophene rings is 1. The first-order valence-electron chi connectivity index (χ1n) is 8.24. The first-order chi connectivity index (χ1) is 11.8. The lowest BCUT2D eigenvalue weighted by molar-refractivity contribution is 0.103. The molecule has 0 amide bonds. The Morgan fingerprint density at radius 2 is 1.33 bits per heavy atom. The number of ether oxygens (including phenoxy) is 2. The van der Waals surface area contributed by atoms with Gasteiger partial charge in [0.1, 0.15) is 0 Å². The normalized spacial score (nSPS) is 15.7. The summed E-state index contributed by atoms with van der Waals surface area (Å²) in [6, 6.07) is 23.3. The molecule has 0 fully saturated rings. The van der Waals surface area contributed by atoms with Crippen molar-refractivity contribution >= 4 is 11.3 Å². The minimum absolute atomic E-state index is 0.0680. The maximum atomic E-state index is 6.14. The van der Waals surface area contributed by atoms with Crippen molar-refractivity contribution in [1.82, 2.24) is 0 Å². The molecular weight excluding hydrogens is 316 g/mol. The molecule has 2 nitrogen and oxygen atoms in total. The Balaban J connectivity index is 1.63. The lowest BCUT2D eigenvalue weighted by Crippen LogP contribution is -2.38. The Bertz CT molecular complexity index is 714. The van der Waals surface area contributed by atoms with Crippen LogP contribution in [0.15, 0.2) is 72.1 Å². The van der Waals surface area contributed by atoms with Gasteiger partial charge in [0.15, 0.2) is 5.75 Å². The van der Waals surface area contributed by atoms with Crippen LogP contribution in [-0.2, 0) is 12.8 Å². The Kier molecular flexibility index (Phi) is 4.26. The highest BCUT2D eigenvalue weighted by Gasteiger charge is 2.36. The average Bonchev–Trinajstić information content (AvgIpc) is 3.01. The van der Waals surface area contributed by atoms with E-state index in [1.54, 1.807) is 11.3 Å². The maximum Gasteiger partial charge on any atom is 0.216 e. The van der Waals surface area contributed by atoms with Crippen LogP contribution in [0.4, 0.5) is 0 Å². The lowest BCUT2D eigenvalue weighted by Gasteiger charge is -2.31. The molecule has 0 spiro atoms. The summed E-state index contributed by atoms with van der Waals surface area (Å²) in [5.41, 5.74) is 2.58. The van der Waals surface area contributed by atoms with Crippen molar-refractivity contribution < 1.29 is 9.47 Å². The monoisotopic (exact) mass is 336 g/mol. The average molecular weight is 336 g/mol. The molecule has 122 valence electrons. The molecule has 0 bridgehead atoms. The second-order valence-electron chi connectivity index (χ2n) is 6.47. The predicted molar refractivity (Wildman–Crippen MR) is 98.0 cm³/mol. The van der Waals surface area contributed by atoms with Gasteiger partial charge in [-0.2, -0.15) is 0 Å². The third kappa shape index (κ3) is 3.31. The summed E-state index contributed by atoms with van der Waals surface area (Å²) in [7, 11) is 0. The van der Waals surface area contributed by atoms with Gasteiger partial charge in [-0.25, -0.2) is 0 Å². The van der Waals surface area contributed by atoms with E-state index in [0.29, 0.717) is 13.2 Å². The largest absolute Gasteiger partial charge is 0.488 e. The molecule has 1 aliphatic heterocycles. The predicted octanol–water partition coefficient (Wildman–Crippen LogP) is 4.99. The maximum absolute atomic E-state index is 6.14. The molecule has 4 rings (SSSR count). The van der Waals surface area contributed by atoms with E-state index in [-0.39, 0.29) is 5.41 Å². The molecule has 0 saturated heterocycles. The molecule has 0 N–H and O–H groups in total. The Labute approximate surface area is 146 Å². The molecule has 24 heavy (non-hydrogen) atoms. The van der Waals surface area contributed by atoms with Crippen LogP contribution in [0.5, 0.6) is 10.8 Å². The smallest absolute Gasteiger partial charge is 0.216 e. The summed E-state index contributed by atoms with van der Waals surface area (Å²) in [6.45, 7) is 1.34. The Morgan fingerprint density at radius 1 is 0.750 bits per heavy atom. The highest BCUT2D eigenvalue weighted by molar-refractivity contribution is 7.12. The topological polar surface area (TPSA) is 18.5 Å². The van der Waals surface area contributed by atoms with Crippen LogP contribution in [0.1, 0.15) is 11.1 Å². The quantitative estimate of drug-likeness (QED) is 0.668. The SMILES string of the molecule is c1ccc(CC2(Cc3ccccc3)COc3ccsc3OC2)cc1. The molecule has 0 unspecified atom stereocenters. The first kappa shape index (κ1) is 15.3. The van der Waals surface area contributed by atoms with E-state index in [4.69, 9.17) is 9.47 Å². The minimum atomic E-state index is -0.0680. The van der Waals surface area contributed by atoms with Crippen molar-refractivity contribution in [3.63, 3.8) is 0 Å². The fraction of sp³-hybridized carbons (Fsp3) is 0.238. The third-order valence-corrected chi connectivity index (χ3v) is 5.29. The van der Waals surface area contributed by atoms with Crippen molar-refractivity contribution in [3.8, 4) is 10.8 Å². The second kappa shape index (κ2) is 6.70. The molecule has 1 aliphatic rings. The van der Waals surface area contributed by atoms with Gasteiger partial charge in [0, 0.05) is 5.41 Å². The number of hydrogen-bond donors (Lipinski definition) is 0. The fourth-order valence-corrected chi connectivity index (χ4v) is 4.00. The van der Waals surface area contributed by atoms with Crippen LogP contribution >= 0.6 is 11.3 Å². The summed E-state index contributed by atoms with van der Waals surface area (Å²) >= 11 is 1.60. The number of fused-ring (bicyclic) bond motifs is 1.